The number of alkyl halides is 4. The molecule has 0 heterocycles. The zero-order valence-electron chi connectivity index (χ0n) is 11.4. The monoisotopic (exact) mass is 340 g/mol. The fourth-order valence-corrected chi connectivity index (χ4v) is 2.00. The Morgan fingerprint density at radius 1 is 0.652 bits per heavy atom. The van der Waals surface area contributed by atoms with E-state index >= 15 is 0 Å². The van der Waals surface area contributed by atoms with Crippen molar-refractivity contribution in [1.82, 2.24) is 0 Å². The lowest BCUT2D eigenvalue weighted by molar-refractivity contribution is -0.227. The minimum Gasteiger partial charge on any atom is -0.203 e. The van der Waals surface area contributed by atoms with E-state index in [1.807, 2.05) is 0 Å². The van der Waals surface area contributed by atoms with E-state index in [2.05, 4.69) is 0 Å². The molecule has 0 saturated carbocycles. The van der Waals surface area contributed by atoms with E-state index in [1.165, 1.54) is 6.07 Å². The number of halogens is 8. The Labute approximate surface area is 125 Å². The predicted octanol–water partition coefficient (Wildman–Crippen LogP) is 5.44. The van der Waals surface area contributed by atoms with Crippen molar-refractivity contribution in [3.05, 3.63) is 70.3 Å². The molecule has 0 aromatic heterocycles. The lowest BCUT2D eigenvalue weighted by Gasteiger charge is -2.28. The van der Waals surface area contributed by atoms with E-state index in [-0.39, 0.29) is 0 Å². The minimum absolute atomic E-state index is 0.591. The van der Waals surface area contributed by atoms with Gasteiger partial charge in [-0.15, -0.1) is 0 Å². The number of rotatable bonds is 3. The minimum atomic E-state index is -5.52. The van der Waals surface area contributed by atoms with E-state index in [1.54, 1.807) is 0 Å². The highest BCUT2D eigenvalue weighted by molar-refractivity contribution is 5.36. The number of hydrogen-bond donors (Lipinski definition) is 0. The van der Waals surface area contributed by atoms with Crippen LogP contribution in [-0.2, 0) is 11.8 Å². The molecule has 0 N–H and O–H groups in total. The molecule has 0 fully saturated rings. The average molecular weight is 340 g/mol. The molecule has 2 rings (SSSR count). The third-order valence-corrected chi connectivity index (χ3v) is 3.33. The quantitative estimate of drug-likeness (QED) is 0.516. The van der Waals surface area contributed by atoms with Crippen LogP contribution in [0.3, 0.4) is 0 Å². The van der Waals surface area contributed by atoms with Crippen LogP contribution in [0.15, 0.2) is 30.3 Å². The fourth-order valence-electron chi connectivity index (χ4n) is 2.00. The van der Waals surface area contributed by atoms with Gasteiger partial charge >= 0.3 is 11.8 Å². The standard InChI is InChI=1S/C15H8F8/c1-7-10(16)12(18)9(13(19)11(7)17)15(22,23)14(20,21)8-5-3-2-4-6-8/h2-6H,1H3. The van der Waals surface area contributed by atoms with Crippen molar-refractivity contribution in [2.45, 2.75) is 18.8 Å². The van der Waals surface area contributed by atoms with Crippen molar-refractivity contribution in [2.24, 2.45) is 0 Å². The summed E-state index contributed by atoms with van der Waals surface area (Å²) in [5.74, 6) is -20.0. The van der Waals surface area contributed by atoms with Gasteiger partial charge in [-0.25, -0.2) is 17.6 Å². The van der Waals surface area contributed by atoms with Gasteiger partial charge in [-0.2, -0.15) is 17.6 Å². The molecule has 0 radical (unpaired) electrons. The maximum Gasteiger partial charge on any atom is 0.345 e. The molecule has 0 atom stereocenters. The van der Waals surface area contributed by atoms with Crippen LogP contribution in [0.25, 0.3) is 0 Å². The molecule has 0 amide bonds. The van der Waals surface area contributed by atoms with Crippen molar-refractivity contribution in [1.29, 1.82) is 0 Å². The van der Waals surface area contributed by atoms with E-state index < -0.39 is 51.8 Å². The Bertz CT molecular complexity index is 708. The lowest BCUT2D eigenvalue weighted by atomic mass is 9.94. The first-order chi connectivity index (χ1) is 10.5. The van der Waals surface area contributed by atoms with Gasteiger partial charge in [-0.3, -0.25) is 0 Å². The maximum absolute atomic E-state index is 14.1. The summed E-state index contributed by atoms with van der Waals surface area (Å²) in [6, 6.07) is 4.46. The topological polar surface area (TPSA) is 0 Å². The van der Waals surface area contributed by atoms with Gasteiger partial charge in [0, 0.05) is 11.1 Å². The summed E-state index contributed by atoms with van der Waals surface area (Å²) in [7, 11) is 0. The highest BCUT2D eigenvalue weighted by Crippen LogP contribution is 2.51. The highest BCUT2D eigenvalue weighted by atomic mass is 19.3. The van der Waals surface area contributed by atoms with Gasteiger partial charge in [-0.05, 0) is 6.92 Å². The summed E-state index contributed by atoms with van der Waals surface area (Å²) < 4.78 is 110. The summed E-state index contributed by atoms with van der Waals surface area (Å²) in [5, 5.41) is 0. The molecule has 0 spiro atoms. The van der Waals surface area contributed by atoms with E-state index in [4.69, 9.17) is 0 Å². The molecule has 0 saturated heterocycles. The second kappa shape index (κ2) is 5.50. The molecule has 124 valence electrons. The van der Waals surface area contributed by atoms with Crippen LogP contribution in [0.5, 0.6) is 0 Å². The highest BCUT2D eigenvalue weighted by Gasteiger charge is 2.61. The largest absolute Gasteiger partial charge is 0.345 e. The van der Waals surface area contributed by atoms with E-state index in [9.17, 15) is 35.1 Å². The Kier molecular flexibility index (Phi) is 4.13. The molecular weight excluding hydrogens is 332 g/mol. The Morgan fingerprint density at radius 2 is 1.09 bits per heavy atom. The number of benzene rings is 2. The summed E-state index contributed by atoms with van der Waals surface area (Å²) in [5.41, 5.74) is -5.13. The van der Waals surface area contributed by atoms with Gasteiger partial charge in [0.25, 0.3) is 0 Å². The second-order valence-corrected chi connectivity index (χ2v) is 4.77. The summed E-state index contributed by atoms with van der Waals surface area (Å²) in [6.07, 6.45) is 0. The third-order valence-electron chi connectivity index (χ3n) is 3.33. The van der Waals surface area contributed by atoms with E-state index in [0.29, 0.717) is 19.1 Å². The van der Waals surface area contributed by atoms with Gasteiger partial charge in [-0.1, -0.05) is 30.3 Å². The van der Waals surface area contributed by atoms with Gasteiger partial charge < -0.3 is 0 Å². The zero-order valence-corrected chi connectivity index (χ0v) is 11.4. The van der Waals surface area contributed by atoms with Gasteiger partial charge in [0.05, 0.1) is 0 Å². The zero-order chi connectivity index (χ0) is 17.6. The van der Waals surface area contributed by atoms with Gasteiger partial charge in [0.15, 0.2) is 23.3 Å². The Balaban J connectivity index is 2.75. The molecule has 0 unspecified atom stereocenters. The maximum atomic E-state index is 14.1. The summed E-state index contributed by atoms with van der Waals surface area (Å²) >= 11 is 0. The summed E-state index contributed by atoms with van der Waals surface area (Å²) in [6.45, 7) is 0.591. The molecule has 2 aromatic carbocycles. The normalized spacial score (nSPS) is 12.6. The number of hydrogen-bond acceptors (Lipinski definition) is 0. The lowest BCUT2D eigenvalue weighted by Crippen LogP contribution is -2.38. The molecule has 0 aliphatic heterocycles. The van der Waals surface area contributed by atoms with Crippen molar-refractivity contribution < 1.29 is 35.1 Å². The molecular formula is C15H8F8. The molecule has 0 aliphatic carbocycles. The molecule has 8 heteroatoms. The van der Waals surface area contributed by atoms with Crippen LogP contribution >= 0.6 is 0 Å². The van der Waals surface area contributed by atoms with Crippen molar-refractivity contribution in [3.63, 3.8) is 0 Å². The van der Waals surface area contributed by atoms with Crippen LogP contribution in [0.2, 0.25) is 0 Å². The third kappa shape index (κ3) is 2.46. The van der Waals surface area contributed by atoms with Gasteiger partial charge in [0.2, 0.25) is 0 Å². The summed E-state index contributed by atoms with van der Waals surface area (Å²) in [4.78, 5) is 0. The average Bonchev–Trinajstić information content (AvgIpc) is 2.51. The van der Waals surface area contributed by atoms with Crippen LogP contribution in [0.4, 0.5) is 35.1 Å². The Hall–Kier alpha value is -2.12. The predicted molar refractivity (Wildman–Crippen MR) is 65.2 cm³/mol. The first kappa shape index (κ1) is 17.2. The van der Waals surface area contributed by atoms with Crippen LogP contribution in [-0.4, -0.2) is 0 Å². The first-order valence-electron chi connectivity index (χ1n) is 6.17. The molecule has 0 aliphatic rings. The van der Waals surface area contributed by atoms with Crippen LogP contribution < -0.4 is 0 Å². The molecule has 0 nitrogen and oxygen atoms in total. The first-order valence-corrected chi connectivity index (χ1v) is 6.17. The Morgan fingerprint density at radius 3 is 1.52 bits per heavy atom. The molecule has 0 bridgehead atoms. The SMILES string of the molecule is Cc1c(F)c(F)c(C(F)(F)C(F)(F)c2ccccc2)c(F)c1F. The smallest absolute Gasteiger partial charge is 0.203 e. The molecule has 23 heavy (non-hydrogen) atoms. The fraction of sp³-hybridized carbons (Fsp3) is 0.200. The molecule has 2 aromatic rings. The van der Waals surface area contributed by atoms with Crippen LogP contribution in [0, 0.1) is 30.2 Å². The van der Waals surface area contributed by atoms with E-state index in [0.717, 1.165) is 12.1 Å². The van der Waals surface area contributed by atoms with Crippen molar-refractivity contribution in [3.8, 4) is 0 Å². The van der Waals surface area contributed by atoms with Gasteiger partial charge in [0.1, 0.15) is 5.56 Å². The van der Waals surface area contributed by atoms with Crippen molar-refractivity contribution >= 4 is 0 Å². The van der Waals surface area contributed by atoms with Crippen LogP contribution in [0.1, 0.15) is 16.7 Å². The second-order valence-electron chi connectivity index (χ2n) is 4.77. The van der Waals surface area contributed by atoms with Crippen molar-refractivity contribution in [2.75, 3.05) is 0 Å².